The summed E-state index contributed by atoms with van der Waals surface area (Å²) in [5, 5.41) is 2.24. The van der Waals surface area contributed by atoms with Crippen LogP contribution in [0, 0.1) is 0 Å². The van der Waals surface area contributed by atoms with Crippen molar-refractivity contribution in [3.63, 3.8) is 0 Å². The van der Waals surface area contributed by atoms with Crippen molar-refractivity contribution in [2.45, 2.75) is 13.3 Å². The summed E-state index contributed by atoms with van der Waals surface area (Å²) in [4.78, 5) is 12.2. The van der Waals surface area contributed by atoms with Gasteiger partial charge in [-0.3, -0.25) is 0 Å². The summed E-state index contributed by atoms with van der Waals surface area (Å²) in [5.74, 6) is 0.857. The highest BCUT2D eigenvalue weighted by Gasteiger charge is 2.14. The number of aromatic nitrogens is 4. The second kappa shape index (κ2) is 5.12. The Kier molecular flexibility index (Phi) is 3.08. The van der Waals surface area contributed by atoms with Gasteiger partial charge in [0.15, 0.2) is 0 Å². The maximum atomic E-state index is 5.38. The molecule has 0 bridgehead atoms. The zero-order chi connectivity index (χ0) is 16.0. The Labute approximate surface area is 133 Å². The SMILES string of the molecule is CCc1ncnc2[nH]c(-c3cn(C)c4ccc(OC)cc34)cc12. The summed E-state index contributed by atoms with van der Waals surface area (Å²) >= 11 is 0. The first-order valence-electron chi connectivity index (χ1n) is 7.67. The second-order valence-electron chi connectivity index (χ2n) is 5.66. The van der Waals surface area contributed by atoms with Crippen LogP contribution in [0.15, 0.2) is 36.8 Å². The van der Waals surface area contributed by atoms with Crippen molar-refractivity contribution in [1.82, 2.24) is 19.5 Å². The van der Waals surface area contributed by atoms with Crippen LogP contribution in [0.4, 0.5) is 0 Å². The number of rotatable bonds is 3. The van der Waals surface area contributed by atoms with Crippen molar-refractivity contribution in [3.8, 4) is 17.0 Å². The number of nitrogens with one attached hydrogen (secondary N) is 1. The second-order valence-corrected chi connectivity index (χ2v) is 5.66. The molecule has 1 N–H and O–H groups in total. The lowest BCUT2D eigenvalue weighted by Crippen LogP contribution is -1.88. The van der Waals surface area contributed by atoms with E-state index >= 15 is 0 Å². The van der Waals surface area contributed by atoms with Gasteiger partial charge in [0.25, 0.3) is 0 Å². The summed E-state index contributed by atoms with van der Waals surface area (Å²) in [7, 11) is 3.74. The van der Waals surface area contributed by atoms with E-state index < -0.39 is 0 Å². The highest BCUT2D eigenvalue weighted by atomic mass is 16.5. The van der Waals surface area contributed by atoms with E-state index in [0.29, 0.717) is 0 Å². The van der Waals surface area contributed by atoms with Gasteiger partial charge in [-0.05, 0) is 30.7 Å². The molecular formula is C18H18N4O. The van der Waals surface area contributed by atoms with Crippen LogP contribution in [0.25, 0.3) is 33.2 Å². The number of fused-ring (bicyclic) bond motifs is 2. The fraction of sp³-hybridized carbons (Fsp3) is 0.222. The molecule has 4 rings (SSSR count). The molecule has 0 aliphatic heterocycles. The number of nitrogens with zero attached hydrogens (tertiary/aromatic N) is 3. The molecule has 5 heteroatoms. The van der Waals surface area contributed by atoms with Crippen molar-refractivity contribution >= 4 is 21.9 Å². The summed E-state index contributed by atoms with van der Waals surface area (Å²) < 4.78 is 7.50. The minimum Gasteiger partial charge on any atom is -0.497 e. The molecule has 0 amide bonds. The van der Waals surface area contributed by atoms with Crippen molar-refractivity contribution in [1.29, 1.82) is 0 Å². The topological polar surface area (TPSA) is 55.7 Å². The molecule has 0 fully saturated rings. The van der Waals surface area contributed by atoms with Gasteiger partial charge in [-0.1, -0.05) is 6.92 Å². The Morgan fingerprint density at radius 1 is 1.17 bits per heavy atom. The van der Waals surface area contributed by atoms with Crippen LogP contribution >= 0.6 is 0 Å². The summed E-state index contributed by atoms with van der Waals surface area (Å²) in [6.45, 7) is 2.11. The third-order valence-corrected chi connectivity index (χ3v) is 4.33. The van der Waals surface area contributed by atoms with E-state index in [9.17, 15) is 0 Å². The van der Waals surface area contributed by atoms with Crippen LogP contribution in [0.3, 0.4) is 0 Å². The minimum absolute atomic E-state index is 0.857. The zero-order valence-electron chi connectivity index (χ0n) is 13.4. The molecule has 1 aromatic carbocycles. The first-order chi connectivity index (χ1) is 11.2. The number of aromatic amines is 1. The Hall–Kier alpha value is -2.82. The van der Waals surface area contributed by atoms with Crippen LogP contribution in [-0.4, -0.2) is 26.6 Å². The van der Waals surface area contributed by atoms with Crippen LogP contribution < -0.4 is 4.74 Å². The highest BCUT2D eigenvalue weighted by molar-refractivity contribution is 5.98. The molecule has 0 aliphatic carbocycles. The average molecular weight is 306 g/mol. The van der Waals surface area contributed by atoms with E-state index in [-0.39, 0.29) is 0 Å². The normalized spacial score (nSPS) is 11.4. The van der Waals surface area contributed by atoms with Crippen LogP contribution in [0.5, 0.6) is 5.75 Å². The van der Waals surface area contributed by atoms with Crippen molar-refractivity contribution in [3.05, 3.63) is 42.5 Å². The zero-order valence-corrected chi connectivity index (χ0v) is 13.4. The van der Waals surface area contributed by atoms with Gasteiger partial charge >= 0.3 is 0 Å². The molecular weight excluding hydrogens is 288 g/mol. The lowest BCUT2D eigenvalue weighted by Gasteiger charge is -2.01. The maximum absolute atomic E-state index is 5.38. The number of methoxy groups -OCH3 is 1. The first-order valence-corrected chi connectivity index (χ1v) is 7.67. The van der Waals surface area contributed by atoms with E-state index in [1.807, 2.05) is 6.07 Å². The van der Waals surface area contributed by atoms with Crippen LogP contribution in [0.2, 0.25) is 0 Å². The number of H-pyrrole nitrogens is 1. The summed E-state index contributed by atoms with van der Waals surface area (Å²) in [5.41, 5.74) is 5.30. The van der Waals surface area contributed by atoms with E-state index in [1.165, 1.54) is 5.52 Å². The third-order valence-electron chi connectivity index (χ3n) is 4.33. The third kappa shape index (κ3) is 2.08. The van der Waals surface area contributed by atoms with Crippen LogP contribution in [-0.2, 0) is 13.5 Å². The predicted molar refractivity (Wildman–Crippen MR) is 91.7 cm³/mol. The van der Waals surface area contributed by atoms with E-state index in [4.69, 9.17) is 4.74 Å². The van der Waals surface area contributed by atoms with Crippen molar-refractivity contribution in [2.75, 3.05) is 7.11 Å². The number of hydrogen-bond donors (Lipinski definition) is 1. The van der Waals surface area contributed by atoms with Gasteiger partial charge < -0.3 is 14.3 Å². The van der Waals surface area contributed by atoms with E-state index in [2.05, 4.69) is 57.9 Å². The monoisotopic (exact) mass is 306 g/mol. The molecule has 0 atom stereocenters. The van der Waals surface area contributed by atoms with Gasteiger partial charge in [0.05, 0.1) is 12.8 Å². The smallest absolute Gasteiger partial charge is 0.141 e. The standard InChI is InChI=1S/C18H18N4O/c1-4-15-13-8-16(21-18(13)20-10-19-15)14-9-22(2)17-6-5-11(23-3)7-12(14)17/h5-10H,4H2,1-3H3,(H,19,20,21). The summed E-state index contributed by atoms with van der Waals surface area (Å²) in [6.07, 6.45) is 4.64. The maximum Gasteiger partial charge on any atom is 0.141 e. The lowest BCUT2D eigenvalue weighted by molar-refractivity contribution is 0.415. The molecule has 0 saturated heterocycles. The van der Waals surface area contributed by atoms with Gasteiger partial charge in [-0.2, -0.15) is 0 Å². The lowest BCUT2D eigenvalue weighted by atomic mass is 10.1. The van der Waals surface area contributed by atoms with E-state index in [1.54, 1.807) is 13.4 Å². The molecule has 3 heterocycles. The largest absolute Gasteiger partial charge is 0.497 e. The average Bonchev–Trinajstić information content (AvgIpc) is 3.15. The molecule has 4 aromatic rings. The molecule has 0 aliphatic rings. The Morgan fingerprint density at radius 3 is 2.83 bits per heavy atom. The Morgan fingerprint density at radius 2 is 2.04 bits per heavy atom. The Balaban J connectivity index is 1.98. The molecule has 0 unspecified atom stereocenters. The molecule has 0 radical (unpaired) electrons. The Bertz CT molecular complexity index is 1010. The van der Waals surface area contributed by atoms with Gasteiger partial charge in [-0.25, -0.2) is 9.97 Å². The summed E-state index contributed by atoms with van der Waals surface area (Å²) in [6, 6.07) is 8.28. The first kappa shape index (κ1) is 13.8. The number of aryl methyl sites for hydroxylation is 2. The van der Waals surface area contributed by atoms with Gasteiger partial charge in [0, 0.05) is 40.8 Å². The van der Waals surface area contributed by atoms with Gasteiger partial charge in [0.2, 0.25) is 0 Å². The van der Waals surface area contributed by atoms with Gasteiger partial charge in [0.1, 0.15) is 17.7 Å². The fourth-order valence-electron chi connectivity index (χ4n) is 3.13. The van der Waals surface area contributed by atoms with Crippen molar-refractivity contribution in [2.24, 2.45) is 7.05 Å². The molecule has 3 aromatic heterocycles. The molecule has 0 spiro atoms. The van der Waals surface area contributed by atoms with Crippen molar-refractivity contribution < 1.29 is 4.74 Å². The van der Waals surface area contributed by atoms with E-state index in [0.717, 1.165) is 45.5 Å². The molecule has 23 heavy (non-hydrogen) atoms. The number of hydrogen-bond acceptors (Lipinski definition) is 3. The number of benzene rings is 1. The fourth-order valence-corrected chi connectivity index (χ4v) is 3.13. The number of ether oxygens (including phenoxy) is 1. The highest BCUT2D eigenvalue weighted by Crippen LogP contribution is 2.33. The quantitative estimate of drug-likeness (QED) is 0.628. The minimum atomic E-state index is 0.857. The molecule has 116 valence electrons. The van der Waals surface area contributed by atoms with Gasteiger partial charge in [-0.15, -0.1) is 0 Å². The predicted octanol–water partition coefficient (Wildman–Crippen LogP) is 3.69. The molecule has 5 nitrogen and oxygen atoms in total. The molecule has 0 saturated carbocycles. The van der Waals surface area contributed by atoms with Crippen LogP contribution in [0.1, 0.15) is 12.6 Å².